The van der Waals surface area contributed by atoms with E-state index in [4.69, 9.17) is 14.2 Å². The molecule has 1 aliphatic heterocycles. The van der Waals surface area contributed by atoms with E-state index in [-0.39, 0.29) is 18.6 Å². The van der Waals surface area contributed by atoms with Crippen LogP contribution in [0.5, 0.6) is 11.5 Å². The number of rotatable bonds is 6. The van der Waals surface area contributed by atoms with E-state index in [0.29, 0.717) is 33.9 Å². The molecule has 3 aromatic carbocycles. The number of ether oxygens (including phenoxy) is 3. The van der Waals surface area contributed by atoms with Gasteiger partial charge in [-0.25, -0.2) is 4.79 Å². The second-order valence-electron chi connectivity index (χ2n) is 9.13. The maximum Gasteiger partial charge on any atom is 0.338 e. The predicted octanol–water partition coefficient (Wildman–Crippen LogP) is 4.24. The Balaban J connectivity index is 1.44. The van der Waals surface area contributed by atoms with Crippen LogP contribution < -0.4 is 14.8 Å². The molecule has 0 bridgehead atoms. The molecule has 3 aromatic rings. The lowest BCUT2D eigenvalue weighted by Gasteiger charge is -2.18. The fraction of sp³-hybridized carbons (Fsp3) is 0.250. The highest BCUT2D eigenvalue weighted by Crippen LogP contribution is 2.51. The third kappa shape index (κ3) is 4.15. The number of nitrogens with one attached hydrogen (secondary N) is 1. The summed E-state index contributed by atoms with van der Waals surface area (Å²) in [7, 11) is 4.70. The Morgan fingerprint density at radius 2 is 1.64 bits per heavy atom. The van der Waals surface area contributed by atoms with Crippen LogP contribution in [-0.2, 0) is 14.9 Å². The van der Waals surface area contributed by atoms with Crippen LogP contribution in [0.3, 0.4) is 0 Å². The Bertz CT molecular complexity index is 1360. The first-order chi connectivity index (χ1) is 17.3. The number of fused-ring (bicyclic) bond motifs is 1. The minimum absolute atomic E-state index is 0.117. The molecule has 184 valence electrons. The number of carbonyl (C=O) groups excluding carboxylic acids is 3. The summed E-state index contributed by atoms with van der Waals surface area (Å²) in [4.78, 5) is 39.6. The van der Waals surface area contributed by atoms with E-state index >= 15 is 0 Å². The van der Waals surface area contributed by atoms with Crippen LogP contribution in [0.1, 0.15) is 39.1 Å². The summed E-state index contributed by atoms with van der Waals surface area (Å²) in [5.41, 5.74) is 3.03. The molecule has 5 rings (SSSR count). The van der Waals surface area contributed by atoms with Crippen molar-refractivity contribution < 1.29 is 28.6 Å². The van der Waals surface area contributed by atoms with Gasteiger partial charge in [-0.15, -0.1) is 0 Å². The van der Waals surface area contributed by atoms with Crippen molar-refractivity contribution in [3.63, 3.8) is 0 Å². The molecule has 0 aromatic heterocycles. The van der Waals surface area contributed by atoms with E-state index in [2.05, 4.69) is 5.32 Å². The number of anilines is 1. The van der Waals surface area contributed by atoms with Crippen molar-refractivity contribution in [1.29, 1.82) is 0 Å². The van der Waals surface area contributed by atoms with Crippen molar-refractivity contribution in [2.24, 2.45) is 0 Å². The summed E-state index contributed by atoms with van der Waals surface area (Å²) in [6.07, 6.45) is 1.46. The molecule has 8 nitrogen and oxygen atoms in total. The number of hydrogen-bond donors (Lipinski definition) is 1. The molecule has 0 atom stereocenters. The molecule has 8 heteroatoms. The third-order valence-corrected chi connectivity index (χ3v) is 6.64. The highest BCUT2D eigenvalue weighted by Gasteiger charge is 2.51. The molecule has 2 amide bonds. The Labute approximate surface area is 208 Å². The molecule has 0 unspecified atom stereocenters. The van der Waals surface area contributed by atoms with E-state index in [1.807, 2.05) is 18.2 Å². The standard InChI is InChI=1S/C28H26N2O6/c1-30(2)25(31)18-6-4-17(5-7-18)22-15-20(9-10-21(22)26(32)34-3)29-27(33)28(12-13-28)19-8-11-23-24(14-19)36-16-35-23/h4-11,14-15H,12-13,16H2,1-3H3,(H,29,33). The molecule has 0 saturated heterocycles. The van der Waals surface area contributed by atoms with Crippen LogP contribution in [0.15, 0.2) is 60.7 Å². The molecule has 1 aliphatic carbocycles. The lowest BCUT2D eigenvalue weighted by molar-refractivity contribution is -0.118. The summed E-state index contributed by atoms with van der Waals surface area (Å²) in [5, 5.41) is 3.03. The van der Waals surface area contributed by atoms with E-state index in [9.17, 15) is 14.4 Å². The van der Waals surface area contributed by atoms with E-state index in [1.54, 1.807) is 56.6 Å². The lowest BCUT2D eigenvalue weighted by Crippen LogP contribution is -2.27. The zero-order valence-electron chi connectivity index (χ0n) is 20.3. The fourth-order valence-corrected chi connectivity index (χ4v) is 4.42. The summed E-state index contributed by atoms with van der Waals surface area (Å²) in [6.45, 7) is 0.178. The van der Waals surface area contributed by atoms with E-state index in [1.165, 1.54) is 12.0 Å². The summed E-state index contributed by atoms with van der Waals surface area (Å²) in [6, 6.07) is 17.7. The predicted molar refractivity (Wildman–Crippen MR) is 133 cm³/mol. The van der Waals surface area contributed by atoms with Crippen LogP contribution in [0, 0.1) is 0 Å². The van der Waals surface area contributed by atoms with Crippen LogP contribution in [0.25, 0.3) is 11.1 Å². The first-order valence-electron chi connectivity index (χ1n) is 11.6. The van der Waals surface area contributed by atoms with Gasteiger partial charge in [0.1, 0.15) is 0 Å². The largest absolute Gasteiger partial charge is 0.465 e. The van der Waals surface area contributed by atoms with Gasteiger partial charge in [0.25, 0.3) is 5.91 Å². The number of nitrogens with zero attached hydrogens (tertiary/aromatic N) is 1. The summed E-state index contributed by atoms with van der Waals surface area (Å²) in [5.74, 6) is 0.596. The number of benzene rings is 3. The average molecular weight is 487 g/mol. The number of esters is 1. The maximum atomic E-state index is 13.4. The van der Waals surface area contributed by atoms with Crippen molar-refractivity contribution >= 4 is 23.5 Å². The number of carbonyl (C=O) groups is 3. The molecular formula is C28H26N2O6. The first kappa shape index (κ1) is 23.4. The van der Waals surface area contributed by atoms with Gasteiger partial charge in [-0.1, -0.05) is 18.2 Å². The van der Waals surface area contributed by atoms with Gasteiger partial charge in [-0.3, -0.25) is 9.59 Å². The Morgan fingerprint density at radius 1 is 0.917 bits per heavy atom. The van der Waals surface area contributed by atoms with Crippen molar-refractivity contribution in [3.8, 4) is 22.6 Å². The molecule has 1 saturated carbocycles. The van der Waals surface area contributed by atoms with Crippen molar-refractivity contribution in [1.82, 2.24) is 4.90 Å². The fourth-order valence-electron chi connectivity index (χ4n) is 4.42. The quantitative estimate of drug-likeness (QED) is 0.524. The van der Waals surface area contributed by atoms with Crippen LogP contribution in [-0.4, -0.2) is 50.7 Å². The molecule has 0 spiro atoms. The van der Waals surface area contributed by atoms with Crippen LogP contribution in [0.4, 0.5) is 5.69 Å². The second kappa shape index (κ2) is 9.03. The number of amides is 2. The van der Waals surface area contributed by atoms with Crippen molar-refractivity contribution in [2.45, 2.75) is 18.3 Å². The molecule has 36 heavy (non-hydrogen) atoms. The zero-order valence-corrected chi connectivity index (χ0v) is 20.3. The van der Waals surface area contributed by atoms with Gasteiger partial charge in [0.05, 0.1) is 18.1 Å². The smallest absolute Gasteiger partial charge is 0.338 e. The third-order valence-electron chi connectivity index (χ3n) is 6.64. The Morgan fingerprint density at radius 3 is 2.31 bits per heavy atom. The molecule has 2 aliphatic rings. The number of hydrogen-bond acceptors (Lipinski definition) is 6. The molecule has 1 heterocycles. The molecule has 1 fully saturated rings. The first-order valence-corrected chi connectivity index (χ1v) is 11.6. The second-order valence-corrected chi connectivity index (χ2v) is 9.13. The minimum atomic E-state index is -0.629. The lowest BCUT2D eigenvalue weighted by atomic mass is 9.94. The molecular weight excluding hydrogens is 460 g/mol. The summed E-state index contributed by atoms with van der Waals surface area (Å²) >= 11 is 0. The summed E-state index contributed by atoms with van der Waals surface area (Å²) < 4.78 is 15.8. The SMILES string of the molecule is COC(=O)c1ccc(NC(=O)C2(c3ccc4c(c3)OCO4)CC2)cc1-c1ccc(C(=O)N(C)C)cc1. The monoisotopic (exact) mass is 486 g/mol. The topological polar surface area (TPSA) is 94.2 Å². The van der Waals surface area contributed by atoms with Gasteiger partial charge >= 0.3 is 5.97 Å². The Kier molecular flexibility index (Phi) is 5.88. The van der Waals surface area contributed by atoms with Gasteiger partial charge in [0.15, 0.2) is 11.5 Å². The van der Waals surface area contributed by atoms with Gasteiger partial charge in [0, 0.05) is 25.3 Å². The molecule has 0 radical (unpaired) electrons. The minimum Gasteiger partial charge on any atom is -0.465 e. The highest BCUT2D eigenvalue weighted by atomic mass is 16.7. The normalized spacial score (nSPS) is 14.6. The van der Waals surface area contributed by atoms with E-state index < -0.39 is 11.4 Å². The van der Waals surface area contributed by atoms with Crippen LogP contribution in [0.2, 0.25) is 0 Å². The van der Waals surface area contributed by atoms with Gasteiger partial charge in [0.2, 0.25) is 12.7 Å². The Hall–Kier alpha value is -4.33. The van der Waals surface area contributed by atoms with Crippen molar-refractivity contribution in [2.75, 3.05) is 33.3 Å². The van der Waals surface area contributed by atoms with E-state index in [0.717, 1.165) is 24.0 Å². The van der Waals surface area contributed by atoms with Gasteiger partial charge in [-0.2, -0.15) is 0 Å². The van der Waals surface area contributed by atoms with Crippen LogP contribution >= 0.6 is 0 Å². The number of methoxy groups -OCH3 is 1. The van der Waals surface area contributed by atoms with Crippen molar-refractivity contribution in [3.05, 3.63) is 77.4 Å². The van der Waals surface area contributed by atoms with Gasteiger partial charge in [-0.05, 0) is 72.0 Å². The van der Waals surface area contributed by atoms with Gasteiger partial charge < -0.3 is 24.4 Å². The highest BCUT2D eigenvalue weighted by molar-refractivity contribution is 6.04. The molecule has 1 N–H and O–H groups in total. The zero-order chi connectivity index (χ0) is 25.4. The maximum absolute atomic E-state index is 13.4. The average Bonchev–Trinajstić information content (AvgIpc) is 3.58.